The first-order valence-corrected chi connectivity index (χ1v) is 7.19. The van der Waals surface area contributed by atoms with Gasteiger partial charge in [0.05, 0.1) is 5.02 Å². The summed E-state index contributed by atoms with van der Waals surface area (Å²) in [6.45, 7) is 3.84. The number of benzene rings is 2. The average Bonchev–Trinajstić information content (AvgIpc) is 2.38. The predicted octanol–water partition coefficient (Wildman–Crippen LogP) is 3.87. The fourth-order valence-corrected chi connectivity index (χ4v) is 3.08. The summed E-state index contributed by atoms with van der Waals surface area (Å²) >= 11 is 5.88. The quantitative estimate of drug-likeness (QED) is 0.904. The van der Waals surface area contributed by atoms with E-state index in [1.807, 2.05) is 12.1 Å². The summed E-state index contributed by atoms with van der Waals surface area (Å²) in [7, 11) is 0. The van der Waals surface area contributed by atoms with E-state index in [1.165, 1.54) is 11.1 Å². The molecular weight excluding hydrogens is 273 g/mol. The van der Waals surface area contributed by atoms with Crippen molar-refractivity contribution in [1.82, 2.24) is 5.32 Å². The Morgan fingerprint density at radius 2 is 1.95 bits per heavy atom. The Labute approximate surface area is 123 Å². The zero-order valence-corrected chi connectivity index (χ0v) is 12.2. The minimum atomic E-state index is -0.284. The van der Waals surface area contributed by atoms with Crippen LogP contribution in [0.1, 0.15) is 16.7 Å². The molecule has 0 bridgehead atoms. The third-order valence-electron chi connectivity index (χ3n) is 4.12. The topological polar surface area (TPSA) is 12.0 Å². The lowest BCUT2D eigenvalue weighted by molar-refractivity contribution is 0.272. The van der Waals surface area contributed by atoms with Crippen molar-refractivity contribution in [3.05, 3.63) is 70.0 Å². The van der Waals surface area contributed by atoms with Crippen molar-refractivity contribution in [2.24, 2.45) is 0 Å². The highest BCUT2D eigenvalue weighted by Crippen LogP contribution is 2.34. The van der Waals surface area contributed by atoms with Gasteiger partial charge in [-0.05, 0) is 30.5 Å². The van der Waals surface area contributed by atoms with Gasteiger partial charge in [0.2, 0.25) is 0 Å². The van der Waals surface area contributed by atoms with Gasteiger partial charge >= 0.3 is 0 Å². The van der Waals surface area contributed by atoms with Crippen LogP contribution in [0.2, 0.25) is 5.02 Å². The molecule has 104 valence electrons. The first-order chi connectivity index (χ1) is 9.61. The monoisotopic (exact) mass is 289 g/mol. The molecule has 1 heterocycles. The third kappa shape index (κ3) is 2.34. The Balaban J connectivity index is 1.96. The van der Waals surface area contributed by atoms with Gasteiger partial charge in [-0.25, -0.2) is 4.39 Å². The van der Waals surface area contributed by atoms with Crippen LogP contribution in [0.5, 0.6) is 0 Å². The molecule has 0 aliphatic carbocycles. The Morgan fingerprint density at radius 1 is 1.20 bits per heavy atom. The number of rotatable bonds is 3. The van der Waals surface area contributed by atoms with E-state index in [4.69, 9.17) is 11.6 Å². The molecule has 1 N–H and O–H groups in total. The van der Waals surface area contributed by atoms with E-state index >= 15 is 0 Å². The molecule has 20 heavy (non-hydrogen) atoms. The summed E-state index contributed by atoms with van der Waals surface area (Å²) in [6, 6.07) is 13.7. The molecule has 2 aromatic carbocycles. The van der Waals surface area contributed by atoms with E-state index in [0.717, 1.165) is 13.1 Å². The van der Waals surface area contributed by atoms with Crippen LogP contribution >= 0.6 is 11.6 Å². The van der Waals surface area contributed by atoms with Gasteiger partial charge in [-0.1, -0.05) is 53.6 Å². The molecule has 3 rings (SSSR count). The van der Waals surface area contributed by atoms with Crippen LogP contribution < -0.4 is 5.32 Å². The summed E-state index contributed by atoms with van der Waals surface area (Å²) in [5.74, 6) is -0.284. The summed E-state index contributed by atoms with van der Waals surface area (Å²) in [5, 5.41) is 3.52. The highest BCUT2D eigenvalue weighted by Gasteiger charge is 2.39. The smallest absolute Gasteiger partial charge is 0.145 e. The van der Waals surface area contributed by atoms with Crippen LogP contribution in [0.4, 0.5) is 4.39 Å². The predicted molar refractivity (Wildman–Crippen MR) is 80.8 cm³/mol. The number of nitrogens with one attached hydrogen (secondary N) is 1. The third-order valence-corrected chi connectivity index (χ3v) is 4.41. The summed E-state index contributed by atoms with van der Waals surface area (Å²) in [4.78, 5) is 0. The molecule has 0 aromatic heterocycles. The second-order valence-corrected chi connectivity index (χ2v) is 6.05. The number of halogens is 2. The number of hydrogen-bond acceptors (Lipinski definition) is 1. The van der Waals surface area contributed by atoms with E-state index in [0.29, 0.717) is 12.0 Å². The van der Waals surface area contributed by atoms with Crippen molar-refractivity contribution in [2.45, 2.75) is 18.8 Å². The Morgan fingerprint density at radius 3 is 2.60 bits per heavy atom. The maximum atomic E-state index is 14.1. The van der Waals surface area contributed by atoms with E-state index in [2.05, 4.69) is 36.5 Å². The van der Waals surface area contributed by atoms with Gasteiger partial charge < -0.3 is 5.32 Å². The van der Waals surface area contributed by atoms with Gasteiger partial charge in [0.25, 0.3) is 0 Å². The highest BCUT2D eigenvalue weighted by atomic mass is 35.5. The van der Waals surface area contributed by atoms with E-state index in [-0.39, 0.29) is 16.3 Å². The molecule has 1 saturated heterocycles. The molecule has 1 nitrogen and oxygen atoms in total. The second kappa shape index (κ2) is 5.19. The molecule has 0 unspecified atom stereocenters. The fraction of sp³-hybridized carbons (Fsp3) is 0.294. The molecular formula is C17H17ClFN. The van der Waals surface area contributed by atoms with Crippen molar-refractivity contribution in [3.63, 3.8) is 0 Å². The summed E-state index contributed by atoms with van der Waals surface area (Å²) in [5.41, 5.74) is 3.19. The van der Waals surface area contributed by atoms with E-state index < -0.39 is 0 Å². The molecule has 0 spiro atoms. The largest absolute Gasteiger partial charge is 0.315 e. The zero-order chi connectivity index (χ0) is 14.2. The second-order valence-electron chi connectivity index (χ2n) is 5.64. The van der Waals surface area contributed by atoms with Crippen LogP contribution in [0, 0.1) is 12.7 Å². The first kappa shape index (κ1) is 13.6. The van der Waals surface area contributed by atoms with Crippen LogP contribution in [-0.4, -0.2) is 13.1 Å². The van der Waals surface area contributed by atoms with Crippen LogP contribution in [0.15, 0.2) is 42.5 Å². The minimum absolute atomic E-state index is 0.0163. The standard InChI is InChI=1S/C17H17ClFN/c1-12-4-2-6-14(8-12)17(10-20-11-17)9-13-5-3-7-15(18)16(13)19/h2-8,20H,9-11H2,1H3. The first-order valence-electron chi connectivity index (χ1n) is 6.81. The maximum absolute atomic E-state index is 14.1. The van der Waals surface area contributed by atoms with Crippen LogP contribution in [0.3, 0.4) is 0 Å². The summed E-state index contributed by atoms with van der Waals surface area (Å²) < 4.78 is 14.1. The SMILES string of the molecule is Cc1cccc(C2(Cc3cccc(Cl)c3F)CNC2)c1. The molecule has 0 amide bonds. The Bertz CT molecular complexity index is 635. The number of hydrogen-bond donors (Lipinski definition) is 1. The van der Waals surface area contributed by atoms with Gasteiger partial charge in [0.15, 0.2) is 0 Å². The number of aryl methyl sites for hydroxylation is 1. The zero-order valence-electron chi connectivity index (χ0n) is 11.4. The average molecular weight is 290 g/mol. The van der Waals surface area contributed by atoms with E-state index in [1.54, 1.807) is 6.07 Å². The van der Waals surface area contributed by atoms with Gasteiger partial charge in [-0.15, -0.1) is 0 Å². The molecule has 1 aliphatic rings. The molecule has 1 fully saturated rings. The normalized spacial score (nSPS) is 16.8. The Hall–Kier alpha value is -1.38. The van der Waals surface area contributed by atoms with Crippen LogP contribution in [0.25, 0.3) is 0 Å². The lowest BCUT2D eigenvalue weighted by Gasteiger charge is -2.43. The lowest BCUT2D eigenvalue weighted by atomic mass is 9.70. The molecule has 1 aliphatic heterocycles. The van der Waals surface area contributed by atoms with Gasteiger partial charge in [0.1, 0.15) is 5.82 Å². The Kier molecular flexibility index (Phi) is 3.53. The maximum Gasteiger partial charge on any atom is 0.145 e. The molecule has 3 heteroatoms. The van der Waals surface area contributed by atoms with Crippen LogP contribution in [-0.2, 0) is 11.8 Å². The summed E-state index contributed by atoms with van der Waals surface area (Å²) in [6.07, 6.45) is 0.676. The van der Waals surface area contributed by atoms with Crippen molar-refractivity contribution in [3.8, 4) is 0 Å². The van der Waals surface area contributed by atoms with Crippen molar-refractivity contribution >= 4 is 11.6 Å². The molecule has 0 radical (unpaired) electrons. The fourth-order valence-electron chi connectivity index (χ4n) is 2.88. The highest BCUT2D eigenvalue weighted by molar-refractivity contribution is 6.30. The van der Waals surface area contributed by atoms with Crippen molar-refractivity contribution in [2.75, 3.05) is 13.1 Å². The molecule has 0 saturated carbocycles. The van der Waals surface area contributed by atoms with E-state index in [9.17, 15) is 4.39 Å². The lowest BCUT2D eigenvalue weighted by Crippen LogP contribution is -2.58. The van der Waals surface area contributed by atoms with Gasteiger partial charge in [0, 0.05) is 18.5 Å². The minimum Gasteiger partial charge on any atom is -0.315 e. The molecule has 2 aromatic rings. The van der Waals surface area contributed by atoms with Gasteiger partial charge in [-0.3, -0.25) is 0 Å². The van der Waals surface area contributed by atoms with Gasteiger partial charge in [-0.2, -0.15) is 0 Å². The van der Waals surface area contributed by atoms with Crippen molar-refractivity contribution in [1.29, 1.82) is 0 Å². The van der Waals surface area contributed by atoms with Crippen molar-refractivity contribution < 1.29 is 4.39 Å². The molecule has 0 atom stereocenters.